The number of thioether (sulfide) groups is 1. The van der Waals surface area contributed by atoms with E-state index in [1.807, 2.05) is 19.1 Å². The lowest BCUT2D eigenvalue weighted by atomic mass is 10.2. The Labute approximate surface area is 151 Å². The van der Waals surface area contributed by atoms with E-state index in [0.717, 1.165) is 11.3 Å². The fourth-order valence-electron chi connectivity index (χ4n) is 2.06. The molecular weight excluding hydrogens is 340 g/mol. The van der Waals surface area contributed by atoms with Gasteiger partial charge in [-0.1, -0.05) is 24.2 Å². The predicted molar refractivity (Wildman–Crippen MR) is 95.3 cm³/mol. The monoisotopic (exact) mass is 362 g/mol. The van der Waals surface area contributed by atoms with Crippen molar-refractivity contribution in [3.63, 3.8) is 0 Å². The molecule has 0 aliphatic rings. The molecule has 1 heterocycles. The van der Waals surface area contributed by atoms with Gasteiger partial charge in [-0.05, 0) is 32.4 Å². The Morgan fingerprint density at radius 3 is 2.76 bits per heavy atom. The van der Waals surface area contributed by atoms with E-state index in [-0.39, 0.29) is 11.8 Å². The molecule has 7 nitrogen and oxygen atoms in total. The van der Waals surface area contributed by atoms with Gasteiger partial charge in [0.15, 0.2) is 5.82 Å². The quantitative estimate of drug-likeness (QED) is 0.700. The van der Waals surface area contributed by atoms with E-state index in [1.54, 1.807) is 26.0 Å². The highest BCUT2D eigenvalue weighted by molar-refractivity contribution is 7.98. The predicted octanol–water partition coefficient (Wildman–Crippen LogP) is 2.31. The fourth-order valence-corrected chi connectivity index (χ4v) is 2.95. The number of nitrogens with one attached hydrogen (secondary N) is 2. The number of hydrogen-bond acceptors (Lipinski definition) is 6. The van der Waals surface area contributed by atoms with Crippen LogP contribution >= 0.6 is 11.8 Å². The number of amides is 2. The van der Waals surface area contributed by atoms with E-state index in [9.17, 15) is 9.59 Å². The summed E-state index contributed by atoms with van der Waals surface area (Å²) in [4.78, 5) is 29.4. The first kappa shape index (κ1) is 19.0. The topological polar surface area (TPSA) is 97.1 Å². The molecule has 0 aliphatic heterocycles. The zero-order chi connectivity index (χ0) is 18.2. The molecule has 0 bridgehead atoms. The molecule has 1 aromatic carbocycles. The van der Waals surface area contributed by atoms with Crippen LogP contribution in [0.25, 0.3) is 0 Å². The summed E-state index contributed by atoms with van der Waals surface area (Å²) in [6, 6.07) is 6.63. The molecule has 8 heteroatoms. The van der Waals surface area contributed by atoms with Crippen LogP contribution in [0.5, 0.6) is 0 Å². The minimum Gasteiger partial charge on any atom is -0.354 e. The third kappa shape index (κ3) is 5.60. The summed E-state index contributed by atoms with van der Waals surface area (Å²) >= 11 is 1.43. The molecule has 0 radical (unpaired) electrons. The van der Waals surface area contributed by atoms with Crippen LogP contribution in [0.1, 0.15) is 42.3 Å². The molecule has 0 fully saturated rings. The van der Waals surface area contributed by atoms with E-state index < -0.39 is 6.04 Å². The molecule has 134 valence electrons. The summed E-state index contributed by atoms with van der Waals surface area (Å²) in [5, 5.41) is 9.24. The number of aryl methyl sites for hydroxylation is 1. The van der Waals surface area contributed by atoms with Crippen LogP contribution in [0.15, 0.2) is 33.7 Å². The van der Waals surface area contributed by atoms with Crippen molar-refractivity contribution in [3.05, 3.63) is 41.5 Å². The van der Waals surface area contributed by atoms with Gasteiger partial charge in [0.25, 0.3) is 5.91 Å². The minimum atomic E-state index is -0.601. The van der Waals surface area contributed by atoms with E-state index in [2.05, 4.69) is 20.8 Å². The van der Waals surface area contributed by atoms with Crippen molar-refractivity contribution in [2.24, 2.45) is 0 Å². The number of nitrogens with zero attached hydrogens (tertiary/aromatic N) is 2. The fraction of sp³-hybridized carbons (Fsp3) is 0.412. The minimum absolute atomic E-state index is 0.193. The molecule has 2 aromatic rings. The Kier molecular flexibility index (Phi) is 7.00. The molecule has 2 amide bonds. The molecule has 1 atom stereocenters. The zero-order valence-electron chi connectivity index (χ0n) is 14.5. The number of aromatic nitrogens is 2. The molecule has 0 saturated heterocycles. The first-order valence-corrected chi connectivity index (χ1v) is 9.09. The highest BCUT2D eigenvalue weighted by Crippen LogP contribution is 2.25. The van der Waals surface area contributed by atoms with Gasteiger partial charge in [-0.25, -0.2) is 0 Å². The number of benzene rings is 1. The summed E-state index contributed by atoms with van der Waals surface area (Å²) in [6.07, 6.45) is 0.848. The van der Waals surface area contributed by atoms with Gasteiger partial charge >= 0.3 is 0 Å². The Bertz CT molecular complexity index is 732. The normalized spacial score (nSPS) is 11.8. The maximum atomic E-state index is 12.5. The van der Waals surface area contributed by atoms with Gasteiger partial charge in [0, 0.05) is 11.4 Å². The Balaban J connectivity index is 2.00. The van der Waals surface area contributed by atoms with Gasteiger partial charge in [-0.3, -0.25) is 9.59 Å². The molecule has 0 aliphatic carbocycles. The van der Waals surface area contributed by atoms with E-state index in [1.165, 1.54) is 11.8 Å². The molecule has 1 unspecified atom stereocenters. The molecule has 2 rings (SSSR count). The molecule has 1 aromatic heterocycles. The average molecular weight is 362 g/mol. The van der Waals surface area contributed by atoms with E-state index in [0.29, 0.717) is 29.6 Å². The van der Waals surface area contributed by atoms with E-state index >= 15 is 0 Å². The van der Waals surface area contributed by atoms with Gasteiger partial charge < -0.3 is 15.2 Å². The molecule has 0 spiro atoms. The van der Waals surface area contributed by atoms with Crippen molar-refractivity contribution < 1.29 is 14.1 Å². The van der Waals surface area contributed by atoms with Crippen molar-refractivity contribution in [1.82, 2.24) is 20.8 Å². The van der Waals surface area contributed by atoms with Gasteiger partial charge in [-0.15, -0.1) is 11.8 Å². The van der Waals surface area contributed by atoms with Crippen molar-refractivity contribution in [3.8, 4) is 0 Å². The van der Waals surface area contributed by atoms with Gasteiger partial charge in [0.2, 0.25) is 11.8 Å². The Hall–Kier alpha value is -2.35. The summed E-state index contributed by atoms with van der Waals surface area (Å²) in [5.74, 6) is 1.07. The van der Waals surface area contributed by atoms with Crippen LogP contribution in [-0.2, 0) is 10.5 Å². The van der Waals surface area contributed by atoms with Crippen LogP contribution in [0.4, 0.5) is 0 Å². The third-order valence-electron chi connectivity index (χ3n) is 3.34. The number of hydrogen-bond donors (Lipinski definition) is 2. The summed E-state index contributed by atoms with van der Waals surface area (Å²) in [5.41, 5.74) is 0.513. The average Bonchev–Trinajstić information content (AvgIpc) is 3.03. The van der Waals surface area contributed by atoms with Crippen molar-refractivity contribution in [2.45, 2.75) is 43.9 Å². The number of rotatable bonds is 8. The van der Waals surface area contributed by atoms with E-state index in [4.69, 9.17) is 4.52 Å². The van der Waals surface area contributed by atoms with Crippen molar-refractivity contribution >= 4 is 23.6 Å². The lowest BCUT2D eigenvalue weighted by Crippen LogP contribution is -2.45. The van der Waals surface area contributed by atoms with Gasteiger partial charge in [-0.2, -0.15) is 4.98 Å². The summed E-state index contributed by atoms with van der Waals surface area (Å²) in [6.45, 7) is 5.99. The van der Waals surface area contributed by atoms with Crippen molar-refractivity contribution in [2.75, 3.05) is 6.54 Å². The highest BCUT2D eigenvalue weighted by Gasteiger charge is 2.18. The SMILES string of the molecule is CCCNC(=O)C(C)NC(=O)c1ccccc1SCc1nc(C)no1. The molecule has 25 heavy (non-hydrogen) atoms. The second-order valence-electron chi connectivity index (χ2n) is 5.51. The third-order valence-corrected chi connectivity index (χ3v) is 4.40. The summed E-state index contributed by atoms with van der Waals surface area (Å²) < 4.78 is 5.08. The summed E-state index contributed by atoms with van der Waals surface area (Å²) in [7, 11) is 0. The van der Waals surface area contributed by atoms with Crippen LogP contribution in [-0.4, -0.2) is 34.5 Å². The zero-order valence-corrected chi connectivity index (χ0v) is 15.4. The smallest absolute Gasteiger partial charge is 0.253 e. The molecule has 0 saturated carbocycles. The lowest BCUT2D eigenvalue weighted by Gasteiger charge is -2.15. The van der Waals surface area contributed by atoms with Crippen LogP contribution < -0.4 is 10.6 Å². The van der Waals surface area contributed by atoms with Crippen LogP contribution in [0.3, 0.4) is 0 Å². The maximum Gasteiger partial charge on any atom is 0.253 e. The highest BCUT2D eigenvalue weighted by atomic mass is 32.2. The van der Waals surface area contributed by atoms with Gasteiger partial charge in [0.1, 0.15) is 6.04 Å². The Morgan fingerprint density at radius 2 is 2.08 bits per heavy atom. The van der Waals surface area contributed by atoms with Gasteiger partial charge in [0.05, 0.1) is 11.3 Å². The maximum absolute atomic E-state index is 12.5. The second kappa shape index (κ2) is 9.22. The lowest BCUT2D eigenvalue weighted by molar-refractivity contribution is -0.122. The standard InChI is InChI=1S/C17H22N4O3S/c1-4-9-18-16(22)11(2)19-17(23)13-7-5-6-8-14(13)25-10-15-20-12(3)21-24-15/h5-8,11H,4,9-10H2,1-3H3,(H,18,22)(H,19,23). The largest absolute Gasteiger partial charge is 0.354 e. The van der Waals surface area contributed by atoms with Crippen LogP contribution in [0, 0.1) is 6.92 Å². The first-order chi connectivity index (χ1) is 12.0. The second-order valence-corrected chi connectivity index (χ2v) is 6.52. The number of carbonyl (C=O) groups is 2. The van der Waals surface area contributed by atoms with Crippen LogP contribution in [0.2, 0.25) is 0 Å². The first-order valence-electron chi connectivity index (χ1n) is 8.10. The Morgan fingerprint density at radius 1 is 1.32 bits per heavy atom. The van der Waals surface area contributed by atoms with Crippen molar-refractivity contribution in [1.29, 1.82) is 0 Å². The molecular formula is C17H22N4O3S. The number of carbonyl (C=O) groups excluding carboxylic acids is 2. The molecule has 2 N–H and O–H groups in total.